The maximum atomic E-state index is 12.1. The van der Waals surface area contributed by atoms with E-state index in [-0.39, 0.29) is 11.8 Å². The zero-order valence-corrected chi connectivity index (χ0v) is 13.2. The predicted molar refractivity (Wildman–Crippen MR) is 88.9 cm³/mol. The highest BCUT2D eigenvalue weighted by molar-refractivity contribution is 6.29. The van der Waals surface area contributed by atoms with Crippen LogP contribution in [0.2, 0.25) is 0 Å². The van der Waals surface area contributed by atoms with Crippen molar-refractivity contribution in [1.82, 2.24) is 0 Å². The van der Waals surface area contributed by atoms with Crippen molar-refractivity contribution in [3.8, 4) is 0 Å². The summed E-state index contributed by atoms with van der Waals surface area (Å²) in [7, 11) is 0. The molecule has 0 aliphatic carbocycles. The molecule has 0 N–H and O–H groups in total. The molecule has 110 valence electrons. The van der Waals surface area contributed by atoms with Gasteiger partial charge in [-0.3, -0.25) is 4.79 Å². The summed E-state index contributed by atoms with van der Waals surface area (Å²) in [6, 6.07) is 16.3. The summed E-state index contributed by atoms with van der Waals surface area (Å²) in [6.45, 7) is 4.69. The third-order valence-corrected chi connectivity index (χ3v) is 3.73. The minimum atomic E-state index is -0.0816. The van der Waals surface area contributed by atoms with E-state index >= 15 is 0 Å². The van der Waals surface area contributed by atoms with Crippen LogP contribution in [0.1, 0.15) is 23.6 Å². The first-order valence-electron chi connectivity index (χ1n) is 7.15. The van der Waals surface area contributed by atoms with E-state index in [1.165, 1.54) is 5.56 Å². The molecular formula is C18H20ClNO. The maximum Gasteiger partial charge on any atom is 0.242 e. The van der Waals surface area contributed by atoms with Crippen molar-refractivity contribution in [1.29, 1.82) is 0 Å². The quantitative estimate of drug-likeness (QED) is 0.753. The average molecular weight is 302 g/mol. The number of hydrogen-bond acceptors (Lipinski definition) is 1. The Morgan fingerprint density at radius 3 is 2.33 bits per heavy atom. The Morgan fingerprint density at radius 1 is 1.10 bits per heavy atom. The fourth-order valence-electron chi connectivity index (χ4n) is 2.25. The number of halogens is 1. The van der Waals surface area contributed by atoms with Crippen LogP contribution in [0.3, 0.4) is 0 Å². The lowest BCUT2D eigenvalue weighted by Gasteiger charge is -2.22. The van der Waals surface area contributed by atoms with Gasteiger partial charge in [-0.05, 0) is 42.2 Å². The van der Waals surface area contributed by atoms with Crippen molar-refractivity contribution in [2.75, 3.05) is 10.8 Å². The highest BCUT2D eigenvalue weighted by Gasteiger charge is 2.15. The number of carbonyl (C=O) groups excluding carboxylic acids is 1. The smallest absolute Gasteiger partial charge is 0.242 e. The summed E-state index contributed by atoms with van der Waals surface area (Å²) in [5.74, 6) is -0.0945. The molecule has 1 amide bonds. The van der Waals surface area contributed by atoms with Crippen LogP contribution in [-0.4, -0.2) is 11.8 Å². The number of amides is 1. The van der Waals surface area contributed by atoms with Crippen LogP contribution in [-0.2, 0) is 17.8 Å². The van der Waals surface area contributed by atoms with E-state index < -0.39 is 0 Å². The summed E-state index contributed by atoms with van der Waals surface area (Å²) < 4.78 is 0. The van der Waals surface area contributed by atoms with Gasteiger partial charge in [0.1, 0.15) is 5.88 Å². The lowest BCUT2D eigenvalue weighted by atomic mass is 10.1. The van der Waals surface area contributed by atoms with Gasteiger partial charge in [0, 0.05) is 5.69 Å². The van der Waals surface area contributed by atoms with E-state index in [0.717, 1.165) is 23.2 Å². The van der Waals surface area contributed by atoms with Crippen molar-refractivity contribution in [3.05, 3.63) is 65.2 Å². The molecular weight excluding hydrogens is 282 g/mol. The molecule has 0 heterocycles. The Kier molecular flexibility index (Phi) is 5.40. The predicted octanol–water partition coefficient (Wildman–Crippen LogP) is 4.33. The fraction of sp³-hybridized carbons (Fsp3) is 0.278. The second-order valence-corrected chi connectivity index (χ2v) is 5.39. The SMILES string of the molecule is CCc1ccc(CN(C(=O)CCl)c2cccc(C)c2)cc1. The maximum absolute atomic E-state index is 12.1. The molecule has 0 saturated carbocycles. The molecule has 0 fully saturated rings. The summed E-state index contributed by atoms with van der Waals surface area (Å²) in [5.41, 5.74) is 4.41. The minimum absolute atomic E-state index is 0.0129. The molecule has 0 atom stereocenters. The van der Waals surface area contributed by atoms with Gasteiger partial charge < -0.3 is 4.90 Å². The van der Waals surface area contributed by atoms with Gasteiger partial charge in [0.05, 0.1) is 6.54 Å². The second kappa shape index (κ2) is 7.28. The molecule has 0 aliphatic rings. The highest BCUT2D eigenvalue weighted by atomic mass is 35.5. The highest BCUT2D eigenvalue weighted by Crippen LogP contribution is 2.19. The Morgan fingerprint density at radius 2 is 1.76 bits per heavy atom. The molecule has 3 heteroatoms. The molecule has 0 unspecified atom stereocenters. The Labute approximate surface area is 131 Å². The van der Waals surface area contributed by atoms with Crippen LogP contribution >= 0.6 is 11.6 Å². The molecule has 21 heavy (non-hydrogen) atoms. The van der Waals surface area contributed by atoms with Crippen molar-refractivity contribution in [2.24, 2.45) is 0 Å². The monoisotopic (exact) mass is 301 g/mol. The molecule has 2 rings (SSSR count). The normalized spacial score (nSPS) is 10.4. The van der Waals surface area contributed by atoms with Crippen LogP contribution in [0.4, 0.5) is 5.69 Å². The van der Waals surface area contributed by atoms with Crippen LogP contribution < -0.4 is 4.90 Å². The molecule has 0 bridgehead atoms. The number of aryl methyl sites for hydroxylation is 2. The van der Waals surface area contributed by atoms with Crippen LogP contribution in [0.25, 0.3) is 0 Å². The van der Waals surface area contributed by atoms with E-state index in [2.05, 4.69) is 31.2 Å². The lowest BCUT2D eigenvalue weighted by molar-refractivity contribution is -0.116. The number of nitrogens with zero attached hydrogens (tertiary/aromatic N) is 1. The van der Waals surface area contributed by atoms with Crippen molar-refractivity contribution < 1.29 is 4.79 Å². The third kappa shape index (κ3) is 4.08. The van der Waals surface area contributed by atoms with Crippen LogP contribution in [0, 0.1) is 6.92 Å². The number of anilines is 1. The lowest BCUT2D eigenvalue weighted by Crippen LogP contribution is -2.31. The number of rotatable bonds is 5. The largest absolute Gasteiger partial charge is 0.307 e. The van der Waals surface area contributed by atoms with Gasteiger partial charge in [-0.15, -0.1) is 11.6 Å². The van der Waals surface area contributed by atoms with Gasteiger partial charge in [-0.25, -0.2) is 0 Å². The summed E-state index contributed by atoms with van der Waals surface area (Å²) in [6.07, 6.45) is 1.02. The Balaban J connectivity index is 2.26. The zero-order chi connectivity index (χ0) is 15.2. The molecule has 2 aromatic carbocycles. The van der Waals surface area contributed by atoms with E-state index in [4.69, 9.17) is 11.6 Å². The van der Waals surface area contributed by atoms with E-state index in [1.807, 2.05) is 31.2 Å². The average Bonchev–Trinajstić information content (AvgIpc) is 2.52. The zero-order valence-electron chi connectivity index (χ0n) is 12.5. The molecule has 2 nitrogen and oxygen atoms in total. The first kappa shape index (κ1) is 15.6. The van der Waals surface area contributed by atoms with Gasteiger partial charge in [-0.2, -0.15) is 0 Å². The summed E-state index contributed by atoms with van der Waals surface area (Å²) >= 11 is 5.76. The number of hydrogen-bond donors (Lipinski definition) is 0. The Bertz CT molecular complexity index is 607. The molecule has 0 aliphatic heterocycles. The van der Waals surface area contributed by atoms with Crippen LogP contribution in [0.5, 0.6) is 0 Å². The number of alkyl halides is 1. The summed E-state index contributed by atoms with van der Waals surface area (Å²) in [5, 5.41) is 0. The van der Waals surface area contributed by atoms with Crippen molar-refractivity contribution in [3.63, 3.8) is 0 Å². The van der Waals surface area contributed by atoms with Gasteiger partial charge in [0.25, 0.3) is 0 Å². The van der Waals surface area contributed by atoms with Crippen LogP contribution in [0.15, 0.2) is 48.5 Å². The van der Waals surface area contributed by atoms with E-state index in [1.54, 1.807) is 4.90 Å². The fourth-order valence-corrected chi connectivity index (χ4v) is 2.40. The van der Waals surface area contributed by atoms with E-state index in [0.29, 0.717) is 6.54 Å². The third-order valence-electron chi connectivity index (χ3n) is 3.50. The Hall–Kier alpha value is -1.80. The second-order valence-electron chi connectivity index (χ2n) is 5.12. The molecule has 2 aromatic rings. The number of benzene rings is 2. The minimum Gasteiger partial charge on any atom is -0.307 e. The van der Waals surface area contributed by atoms with Gasteiger partial charge in [0.2, 0.25) is 5.91 Å². The first-order chi connectivity index (χ1) is 10.1. The summed E-state index contributed by atoms with van der Waals surface area (Å²) in [4.78, 5) is 13.9. The standard InChI is InChI=1S/C18H20ClNO/c1-3-15-7-9-16(10-8-15)13-20(18(21)12-19)17-6-4-5-14(2)11-17/h4-11H,3,12-13H2,1-2H3. The van der Waals surface area contributed by atoms with Crippen molar-refractivity contribution >= 4 is 23.2 Å². The van der Waals surface area contributed by atoms with Gasteiger partial charge in [0.15, 0.2) is 0 Å². The topological polar surface area (TPSA) is 20.3 Å². The van der Waals surface area contributed by atoms with Crippen molar-refractivity contribution in [2.45, 2.75) is 26.8 Å². The molecule has 0 aromatic heterocycles. The first-order valence-corrected chi connectivity index (χ1v) is 7.68. The number of carbonyl (C=O) groups is 1. The van der Waals surface area contributed by atoms with E-state index in [9.17, 15) is 4.79 Å². The van der Waals surface area contributed by atoms with Gasteiger partial charge >= 0.3 is 0 Å². The molecule has 0 spiro atoms. The molecule has 0 saturated heterocycles. The molecule has 0 radical (unpaired) electrons. The van der Waals surface area contributed by atoms with Gasteiger partial charge in [-0.1, -0.05) is 43.3 Å².